The van der Waals surface area contributed by atoms with Crippen molar-refractivity contribution in [3.8, 4) is 0 Å². The molecule has 1 aromatic carbocycles. The molecule has 1 aromatic heterocycles. The maximum absolute atomic E-state index is 13.9. The molecule has 2 rings (SSSR count). The molecule has 1 heterocycles. The number of nitrogens with one attached hydrogen (secondary N) is 1. The Balaban J connectivity index is 2.31. The lowest BCUT2D eigenvalue weighted by atomic mass is 10.2. The molecule has 0 spiro atoms. The third kappa shape index (κ3) is 3.73. The van der Waals surface area contributed by atoms with Crippen LogP contribution in [0.2, 0.25) is 0 Å². The number of halogens is 1. The van der Waals surface area contributed by atoms with Crippen LogP contribution in [0.4, 0.5) is 4.39 Å². The number of carbonyl (C=O) groups excluding carboxylic acids is 1. The zero-order valence-electron chi connectivity index (χ0n) is 14.1. The molecule has 0 bridgehead atoms. The van der Waals surface area contributed by atoms with Crippen molar-refractivity contribution in [3.05, 3.63) is 62.2 Å². The van der Waals surface area contributed by atoms with Crippen molar-refractivity contribution in [3.63, 3.8) is 0 Å². The predicted molar refractivity (Wildman–Crippen MR) is 88.7 cm³/mol. The van der Waals surface area contributed by atoms with E-state index in [0.717, 1.165) is 33.4 Å². The Morgan fingerprint density at radius 1 is 1.19 bits per heavy atom. The van der Waals surface area contributed by atoms with Gasteiger partial charge >= 0.3 is 11.7 Å². The molecule has 2 aromatic rings. The molecule has 140 valence electrons. The Bertz CT molecular complexity index is 1090. The van der Waals surface area contributed by atoms with Crippen molar-refractivity contribution < 1.29 is 22.3 Å². The third-order valence-corrected chi connectivity index (χ3v) is 5.13. The first kappa shape index (κ1) is 19.5. The number of benzene rings is 1. The molecule has 26 heavy (non-hydrogen) atoms. The van der Waals surface area contributed by atoms with Gasteiger partial charge in [0.25, 0.3) is 5.56 Å². The van der Waals surface area contributed by atoms with Crippen LogP contribution in [0.5, 0.6) is 0 Å². The lowest BCUT2D eigenvalue weighted by molar-refractivity contribution is 0.0457. The molecule has 0 saturated heterocycles. The molecule has 0 aliphatic rings. The first-order valence-corrected chi connectivity index (χ1v) is 8.73. The van der Waals surface area contributed by atoms with E-state index in [-0.39, 0.29) is 10.6 Å². The van der Waals surface area contributed by atoms with Crippen LogP contribution in [-0.4, -0.2) is 30.6 Å². The number of carbonyl (C=O) groups is 1. The van der Waals surface area contributed by atoms with Crippen molar-refractivity contribution in [2.24, 2.45) is 14.1 Å². The summed E-state index contributed by atoms with van der Waals surface area (Å²) in [4.78, 5) is 35.3. The van der Waals surface area contributed by atoms with Gasteiger partial charge in [0.05, 0.1) is 16.2 Å². The van der Waals surface area contributed by atoms with E-state index >= 15 is 0 Å². The summed E-state index contributed by atoms with van der Waals surface area (Å²) in [5, 5.41) is 0. The van der Waals surface area contributed by atoms with Crippen LogP contribution in [-0.2, 0) is 35.5 Å². The molecular formula is C15H16FN3O6S. The topological polar surface area (TPSA) is 116 Å². The lowest BCUT2D eigenvalue weighted by Crippen LogP contribution is -2.38. The molecule has 0 amide bonds. The molecule has 0 fully saturated rings. The van der Waals surface area contributed by atoms with E-state index in [0.29, 0.717) is 0 Å². The van der Waals surface area contributed by atoms with E-state index in [1.54, 1.807) is 0 Å². The van der Waals surface area contributed by atoms with Crippen molar-refractivity contribution >= 4 is 16.0 Å². The number of nitrogens with zero attached hydrogens (tertiary/aromatic N) is 2. The molecule has 11 heteroatoms. The molecule has 9 nitrogen and oxygen atoms in total. The normalized spacial score (nSPS) is 11.4. The number of sulfonamides is 1. The minimum Gasteiger partial charge on any atom is -0.456 e. The highest BCUT2D eigenvalue weighted by molar-refractivity contribution is 7.89. The summed E-state index contributed by atoms with van der Waals surface area (Å²) >= 11 is 0. The van der Waals surface area contributed by atoms with E-state index in [1.165, 1.54) is 21.1 Å². The molecule has 0 aliphatic carbocycles. The zero-order chi connectivity index (χ0) is 19.6. The number of rotatable bonds is 5. The Labute approximate surface area is 147 Å². The van der Waals surface area contributed by atoms with Gasteiger partial charge in [0.2, 0.25) is 10.0 Å². The fourth-order valence-electron chi connectivity index (χ4n) is 2.08. The van der Waals surface area contributed by atoms with Gasteiger partial charge in [-0.3, -0.25) is 13.9 Å². The van der Waals surface area contributed by atoms with Crippen LogP contribution in [0.1, 0.15) is 16.1 Å². The number of esters is 1. The third-order valence-electron chi connectivity index (χ3n) is 3.71. The second kappa shape index (κ2) is 7.22. The average molecular weight is 385 g/mol. The van der Waals surface area contributed by atoms with Gasteiger partial charge in [0, 0.05) is 20.2 Å². The molecule has 1 N–H and O–H groups in total. The minimum absolute atomic E-state index is 0.103. The lowest BCUT2D eigenvalue weighted by Gasteiger charge is -2.11. The molecular weight excluding hydrogens is 369 g/mol. The van der Waals surface area contributed by atoms with Crippen molar-refractivity contribution in [2.75, 3.05) is 7.05 Å². The quantitative estimate of drug-likeness (QED) is 0.693. The standard InChI is InChI=1S/C15H16FN3O6S/c1-17-26(23,24)10-4-5-12(16)11(7-10)14(21)25-8-9-6-13(20)19(3)15(22)18(9)2/h4-7,17H,8H2,1-3H3. The summed E-state index contributed by atoms with van der Waals surface area (Å²) in [7, 11) is -0.0253. The number of hydrogen-bond donors (Lipinski definition) is 1. The Kier molecular flexibility index (Phi) is 5.42. The SMILES string of the molecule is CNS(=O)(=O)c1ccc(F)c(C(=O)OCc2cc(=O)n(C)c(=O)n2C)c1. The maximum atomic E-state index is 13.9. The maximum Gasteiger partial charge on any atom is 0.341 e. The van der Waals surface area contributed by atoms with Crippen LogP contribution in [0.25, 0.3) is 0 Å². The van der Waals surface area contributed by atoms with Gasteiger partial charge in [-0.1, -0.05) is 0 Å². The fourth-order valence-corrected chi connectivity index (χ4v) is 2.84. The summed E-state index contributed by atoms with van der Waals surface area (Å²) in [6.45, 7) is -0.469. The van der Waals surface area contributed by atoms with Crippen LogP contribution in [0.3, 0.4) is 0 Å². The van der Waals surface area contributed by atoms with Crippen LogP contribution >= 0.6 is 0 Å². The summed E-state index contributed by atoms with van der Waals surface area (Å²) in [5.41, 5.74) is -1.69. The first-order chi connectivity index (χ1) is 12.1. The molecule has 0 aliphatic heterocycles. The van der Waals surface area contributed by atoms with Crippen LogP contribution in [0.15, 0.2) is 38.8 Å². The minimum atomic E-state index is -3.87. The largest absolute Gasteiger partial charge is 0.456 e. The highest BCUT2D eigenvalue weighted by atomic mass is 32.2. The van der Waals surface area contributed by atoms with E-state index in [1.807, 2.05) is 4.72 Å². The van der Waals surface area contributed by atoms with Gasteiger partial charge in [0.15, 0.2) is 0 Å². The number of hydrogen-bond acceptors (Lipinski definition) is 6. The van der Waals surface area contributed by atoms with Gasteiger partial charge in [-0.2, -0.15) is 0 Å². The summed E-state index contributed by atoms with van der Waals surface area (Å²) in [6.07, 6.45) is 0. The first-order valence-electron chi connectivity index (χ1n) is 7.24. The van der Waals surface area contributed by atoms with Crippen LogP contribution < -0.4 is 16.0 Å². The molecule has 0 saturated carbocycles. The van der Waals surface area contributed by atoms with Gasteiger partial charge in [0.1, 0.15) is 12.4 Å². The second-order valence-electron chi connectivity index (χ2n) is 5.30. The van der Waals surface area contributed by atoms with E-state index in [2.05, 4.69) is 0 Å². The van der Waals surface area contributed by atoms with Gasteiger partial charge < -0.3 is 4.74 Å². The monoisotopic (exact) mass is 385 g/mol. The smallest absolute Gasteiger partial charge is 0.341 e. The molecule has 0 unspecified atom stereocenters. The predicted octanol–water partition coefficient (Wildman–Crippen LogP) is -0.512. The second-order valence-corrected chi connectivity index (χ2v) is 7.19. The highest BCUT2D eigenvalue weighted by Crippen LogP contribution is 2.16. The Morgan fingerprint density at radius 3 is 2.46 bits per heavy atom. The van der Waals surface area contributed by atoms with Crippen molar-refractivity contribution in [1.82, 2.24) is 13.9 Å². The zero-order valence-corrected chi connectivity index (χ0v) is 15.0. The van der Waals surface area contributed by atoms with Crippen molar-refractivity contribution in [1.29, 1.82) is 0 Å². The Morgan fingerprint density at radius 2 is 1.85 bits per heavy atom. The van der Waals surface area contributed by atoms with Gasteiger partial charge in [-0.05, 0) is 25.2 Å². The van der Waals surface area contributed by atoms with E-state index in [4.69, 9.17) is 4.74 Å². The van der Waals surface area contributed by atoms with Gasteiger partial charge in [-0.25, -0.2) is 27.1 Å². The molecule has 0 atom stereocenters. The summed E-state index contributed by atoms with van der Waals surface area (Å²) in [6, 6.07) is 3.77. The number of ether oxygens (including phenoxy) is 1. The molecule has 0 radical (unpaired) electrons. The summed E-state index contributed by atoms with van der Waals surface area (Å²) < 4.78 is 46.3. The Hall–Kier alpha value is -2.79. The highest BCUT2D eigenvalue weighted by Gasteiger charge is 2.20. The van der Waals surface area contributed by atoms with Crippen LogP contribution in [0, 0.1) is 5.82 Å². The van der Waals surface area contributed by atoms with Gasteiger partial charge in [-0.15, -0.1) is 0 Å². The average Bonchev–Trinajstić information content (AvgIpc) is 2.61. The van der Waals surface area contributed by atoms with Crippen molar-refractivity contribution in [2.45, 2.75) is 11.5 Å². The summed E-state index contributed by atoms with van der Waals surface area (Å²) in [5.74, 6) is -2.10. The van der Waals surface area contributed by atoms with E-state index in [9.17, 15) is 27.2 Å². The number of aromatic nitrogens is 2. The van der Waals surface area contributed by atoms with E-state index < -0.39 is 45.2 Å². The fraction of sp³-hybridized carbons (Fsp3) is 0.267.